The highest BCUT2D eigenvalue weighted by molar-refractivity contribution is 5.92. The zero-order chi connectivity index (χ0) is 16.3. The highest BCUT2D eigenvalue weighted by Crippen LogP contribution is 2.15. The molecule has 8 nitrogen and oxygen atoms in total. The van der Waals surface area contributed by atoms with E-state index < -0.39 is 17.5 Å². The van der Waals surface area contributed by atoms with Crippen molar-refractivity contribution in [3.63, 3.8) is 0 Å². The minimum atomic E-state index is -0.805. The number of hydrogen-bond donors (Lipinski definition) is 0. The number of ketones is 1. The van der Waals surface area contributed by atoms with Crippen LogP contribution >= 0.6 is 0 Å². The molecule has 0 aliphatic rings. The second-order valence-corrected chi connectivity index (χ2v) is 4.54. The van der Waals surface area contributed by atoms with Gasteiger partial charge in [-0.3, -0.25) is 9.69 Å². The number of nitrogens with zero attached hydrogens (tertiary/aromatic N) is 5. The van der Waals surface area contributed by atoms with Gasteiger partial charge in [-0.2, -0.15) is 4.68 Å². The first-order valence-electron chi connectivity index (χ1n) is 6.53. The van der Waals surface area contributed by atoms with E-state index in [9.17, 15) is 18.8 Å². The van der Waals surface area contributed by atoms with Crippen LogP contribution in [0.2, 0.25) is 0 Å². The van der Waals surface area contributed by atoms with E-state index in [1.807, 2.05) is 0 Å². The summed E-state index contributed by atoms with van der Waals surface area (Å²) in [7, 11) is 0. The van der Waals surface area contributed by atoms with Gasteiger partial charge in [0.15, 0.2) is 5.78 Å². The van der Waals surface area contributed by atoms with Crippen molar-refractivity contribution in [1.82, 2.24) is 19.8 Å². The first-order valence-corrected chi connectivity index (χ1v) is 6.53. The van der Waals surface area contributed by atoms with Crippen molar-refractivity contribution in [2.75, 3.05) is 11.4 Å². The van der Waals surface area contributed by atoms with Gasteiger partial charge < -0.3 is 0 Å². The third-order valence-electron chi connectivity index (χ3n) is 2.88. The zero-order valence-electron chi connectivity index (χ0n) is 12.1. The van der Waals surface area contributed by atoms with Crippen LogP contribution in [0.25, 0.3) is 0 Å². The van der Waals surface area contributed by atoms with Crippen LogP contribution in [0.3, 0.4) is 0 Å². The molecule has 116 valence electrons. The number of carbonyl (C=O) groups is 2. The highest BCUT2D eigenvalue weighted by Gasteiger charge is 2.21. The minimum absolute atomic E-state index is 0.247. The van der Waals surface area contributed by atoms with Gasteiger partial charge >= 0.3 is 11.7 Å². The lowest BCUT2D eigenvalue weighted by Crippen LogP contribution is -2.41. The van der Waals surface area contributed by atoms with Crippen LogP contribution in [0.1, 0.15) is 13.8 Å². The summed E-state index contributed by atoms with van der Waals surface area (Å²) >= 11 is 0. The summed E-state index contributed by atoms with van der Waals surface area (Å²) in [6, 6.07) is 4.53. The first kappa shape index (κ1) is 15.5. The largest absolute Gasteiger partial charge is 0.372 e. The van der Waals surface area contributed by atoms with Crippen molar-refractivity contribution in [3.05, 3.63) is 40.6 Å². The van der Waals surface area contributed by atoms with Crippen LogP contribution in [0.4, 0.5) is 14.9 Å². The molecule has 9 heteroatoms. The Hall–Kier alpha value is -2.84. The molecular formula is C13H14FN5O3. The number of amides is 1. The summed E-state index contributed by atoms with van der Waals surface area (Å²) in [5.41, 5.74) is -0.386. The number of rotatable bonds is 4. The predicted octanol–water partition coefficient (Wildman–Crippen LogP) is 0.662. The van der Waals surface area contributed by atoms with Crippen molar-refractivity contribution >= 4 is 17.5 Å². The van der Waals surface area contributed by atoms with Gasteiger partial charge in [-0.1, -0.05) is 0 Å². The number of aromatic nitrogens is 4. The first-order chi connectivity index (χ1) is 10.4. The molecule has 0 unspecified atom stereocenters. The number of halogens is 1. The Balaban J connectivity index is 2.33. The van der Waals surface area contributed by atoms with Gasteiger partial charge in [0, 0.05) is 12.2 Å². The van der Waals surface area contributed by atoms with E-state index in [1.54, 1.807) is 6.92 Å². The van der Waals surface area contributed by atoms with E-state index in [2.05, 4.69) is 10.4 Å². The van der Waals surface area contributed by atoms with Crippen LogP contribution in [-0.2, 0) is 11.3 Å². The molecule has 22 heavy (non-hydrogen) atoms. The quantitative estimate of drug-likeness (QED) is 0.774. The molecule has 0 spiro atoms. The fourth-order valence-corrected chi connectivity index (χ4v) is 1.87. The van der Waals surface area contributed by atoms with Crippen molar-refractivity contribution in [2.24, 2.45) is 0 Å². The Morgan fingerprint density at radius 3 is 2.41 bits per heavy atom. The smallest absolute Gasteiger partial charge is 0.298 e. The molecular weight excluding hydrogens is 293 g/mol. The van der Waals surface area contributed by atoms with Crippen molar-refractivity contribution < 1.29 is 14.0 Å². The summed E-state index contributed by atoms with van der Waals surface area (Å²) in [6.45, 7) is 2.99. The van der Waals surface area contributed by atoms with E-state index in [0.29, 0.717) is 10.4 Å². The van der Waals surface area contributed by atoms with E-state index in [0.717, 1.165) is 4.68 Å². The number of hydrogen-bond acceptors (Lipinski definition) is 5. The second kappa shape index (κ2) is 6.29. The molecule has 2 rings (SSSR count). The van der Waals surface area contributed by atoms with E-state index >= 15 is 0 Å². The number of Topliss-reactive ketones (excluding diaryl/α,β-unsaturated/α-hetero) is 1. The standard InChI is InChI=1S/C13H14FN5O3/c1-3-17(11-6-4-10(14)5-7-11)12(21)19-13(22)18(15-16-19)8-9(2)20/h4-7H,3,8H2,1-2H3. The maximum atomic E-state index is 13.0. The molecule has 0 saturated heterocycles. The second-order valence-electron chi connectivity index (χ2n) is 4.54. The Bertz CT molecular complexity index is 750. The average Bonchev–Trinajstić information content (AvgIpc) is 2.82. The molecule has 0 aliphatic heterocycles. The third kappa shape index (κ3) is 3.08. The Kier molecular flexibility index (Phi) is 4.44. The van der Waals surface area contributed by atoms with E-state index in [4.69, 9.17) is 0 Å². The fraction of sp³-hybridized carbons (Fsp3) is 0.308. The van der Waals surface area contributed by atoms with Gasteiger partial charge in [-0.15, -0.1) is 4.68 Å². The molecule has 1 heterocycles. The Morgan fingerprint density at radius 1 is 1.23 bits per heavy atom. The number of benzene rings is 1. The van der Waals surface area contributed by atoms with Crippen LogP contribution < -0.4 is 10.6 Å². The van der Waals surface area contributed by atoms with E-state index in [1.165, 1.54) is 36.1 Å². The molecule has 1 amide bonds. The van der Waals surface area contributed by atoms with Gasteiger partial charge in [0.1, 0.15) is 12.4 Å². The molecule has 0 N–H and O–H groups in total. The van der Waals surface area contributed by atoms with Crippen LogP contribution in [-0.4, -0.2) is 38.1 Å². The highest BCUT2D eigenvalue weighted by atomic mass is 19.1. The molecule has 1 aromatic carbocycles. The number of anilines is 1. The summed E-state index contributed by atoms with van der Waals surface area (Å²) in [4.78, 5) is 36.6. The lowest BCUT2D eigenvalue weighted by molar-refractivity contribution is -0.117. The van der Waals surface area contributed by atoms with Gasteiger partial charge in [0.05, 0.1) is 0 Å². The normalized spacial score (nSPS) is 10.5. The summed E-state index contributed by atoms with van der Waals surface area (Å²) in [5, 5.41) is 6.97. The molecule has 0 bridgehead atoms. The molecule has 0 saturated carbocycles. The van der Waals surface area contributed by atoms with Gasteiger partial charge in [0.2, 0.25) is 0 Å². The molecule has 0 radical (unpaired) electrons. The van der Waals surface area contributed by atoms with Crippen molar-refractivity contribution in [1.29, 1.82) is 0 Å². The maximum Gasteiger partial charge on any atom is 0.372 e. The minimum Gasteiger partial charge on any atom is -0.298 e. The van der Waals surface area contributed by atoms with Gasteiger partial charge in [-0.25, -0.2) is 14.0 Å². The lowest BCUT2D eigenvalue weighted by Gasteiger charge is -2.19. The van der Waals surface area contributed by atoms with Crippen LogP contribution in [0, 0.1) is 5.82 Å². The zero-order valence-corrected chi connectivity index (χ0v) is 12.1. The number of carbonyl (C=O) groups excluding carboxylic acids is 2. The topological polar surface area (TPSA) is 90.1 Å². The third-order valence-corrected chi connectivity index (χ3v) is 2.88. The molecule has 0 aliphatic carbocycles. The summed E-state index contributed by atoms with van der Waals surface area (Å²) < 4.78 is 14.3. The van der Waals surface area contributed by atoms with Crippen LogP contribution in [0.5, 0.6) is 0 Å². The molecule has 2 aromatic rings. The van der Waals surface area contributed by atoms with Crippen molar-refractivity contribution in [3.8, 4) is 0 Å². The van der Waals surface area contributed by atoms with Gasteiger partial charge in [-0.05, 0) is 48.5 Å². The molecule has 0 fully saturated rings. The SMILES string of the molecule is CCN(C(=O)n1nnn(CC(C)=O)c1=O)c1ccc(F)cc1. The van der Waals surface area contributed by atoms with Crippen molar-refractivity contribution in [2.45, 2.75) is 20.4 Å². The summed E-state index contributed by atoms with van der Waals surface area (Å²) in [6.07, 6.45) is 0. The van der Waals surface area contributed by atoms with Gasteiger partial charge in [0.25, 0.3) is 0 Å². The number of tetrazole rings is 1. The maximum absolute atomic E-state index is 13.0. The molecule has 0 atom stereocenters. The molecule has 1 aromatic heterocycles. The Morgan fingerprint density at radius 2 is 1.86 bits per heavy atom. The lowest BCUT2D eigenvalue weighted by atomic mass is 10.3. The monoisotopic (exact) mass is 307 g/mol. The van der Waals surface area contributed by atoms with Crippen LogP contribution in [0.15, 0.2) is 29.1 Å². The Labute approximate surface area is 124 Å². The fourth-order valence-electron chi connectivity index (χ4n) is 1.87. The predicted molar refractivity (Wildman–Crippen MR) is 75.2 cm³/mol. The summed E-state index contributed by atoms with van der Waals surface area (Å²) in [5.74, 6) is -0.718. The van der Waals surface area contributed by atoms with E-state index in [-0.39, 0.29) is 18.9 Å². The average molecular weight is 307 g/mol.